The fraction of sp³-hybridized carbons (Fsp3) is 0.600. The number of thioether (sulfide) groups is 1. The van der Waals surface area contributed by atoms with Crippen LogP contribution < -0.4 is 0 Å². The monoisotopic (exact) mass is 188 g/mol. The summed E-state index contributed by atoms with van der Waals surface area (Å²) in [6, 6.07) is 0. The van der Waals surface area contributed by atoms with Crippen LogP contribution in [0.2, 0.25) is 0 Å². The van der Waals surface area contributed by atoms with Gasteiger partial charge in [-0.2, -0.15) is 0 Å². The number of ether oxygens (including phenoxy) is 1. The third-order valence-electron chi connectivity index (χ3n) is 1.19. The Bertz CT molecular complexity index is 274. The summed E-state index contributed by atoms with van der Waals surface area (Å²) < 4.78 is 5.84. The second kappa shape index (κ2) is 4.05. The van der Waals surface area contributed by atoms with Crippen LogP contribution in [0.3, 0.4) is 0 Å². The van der Waals surface area contributed by atoms with Gasteiger partial charge >= 0.3 is 5.97 Å². The molecule has 0 radical (unpaired) electrons. The van der Waals surface area contributed by atoms with Gasteiger partial charge in [0.2, 0.25) is 5.16 Å². The Morgan fingerprint density at radius 3 is 3.08 bits per heavy atom. The second-order valence-electron chi connectivity index (χ2n) is 1.90. The molecule has 0 aromatic carbocycles. The third-order valence-corrected chi connectivity index (χ3v) is 1.85. The van der Waals surface area contributed by atoms with Crippen LogP contribution in [0.1, 0.15) is 0 Å². The summed E-state index contributed by atoms with van der Waals surface area (Å²) in [5.41, 5.74) is 0. The van der Waals surface area contributed by atoms with Gasteiger partial charge in [-0.3, -0.25) is 4.79 Å². The number of hydrogen-bond acceptors (Lipinski definition) is 6. The molecular formula is C5H8N4O2S. The first-order chi connectivity index (χ1) is 5.77. The molecule has 12 heavy (non-hydrogen) atoms. The topological polar surface area (TPSA) is 69.9 Å². The number of hydrogen-bond donors (Lipinski definition) is 0. The maximum atomic E-state index is 10.8. The van der Waals surface area contributed by atoms with E-state index in [1.54, 1.807) is 0 Å². The lowest BCUT2D eigenvalue weighted by atomic mass is 10.7. The highest BCUT2D eigenvalue weighted by atomic mass is 32.2. The SMILES string of the molecule is COC(=O)Cn1nnnc1SC. The van der Waals surface area contributed by atoms with Crippen molar-refractivity contribution in [2.45, 2.75) is 11.7 Å². The predicted molar refractivity (Wildman–Crippen MR) is 41.6 cm³/mol. The van der Waals surface area contributed by atoms with Crippen molar-refractivity contribution in [3.05, 3.63) is 0 Å². The van der Waals surface area contributed by atoms with E-state index < -0.39 is 0 Å². The first kappa shape index (κ1) is 8.98. The molecule has 0 bridgehead atoms. The highest BCUT2D eigenvalue weighted by molar-refractivity contribution is 7.98. The van der Waals surface area contributed by atoms with E-state index in [9.17, 15) is 4.79 Å². The van der Waals surface area contributed by atoms with Gasteiger partial charge in [-0.25, -0.2) is 4.68 Å². The molecule has 6 nitrogen and oxygen atoms in total. The van der Waals surface area contributed by atoms with Gasteiger partial charge in [0.1, 0.15) is 6.54 Å². The number of aromatic nitrogens is 4. The molecule has 0 amide bonds. The van der Waals surface area contributed by atoms with Crippen molar-refractivity contribution in [3.63, 3.8) is 0 Å². The predicted octanol–water partition coefficient (Wildman–Crippen LogP) is -0.432. The number of nitrogens with zero attached hydrogens (tertiary/aromatic N) is 4. The Morgan fingerprint density at radius 2 is 2.50 bits per heavy atom. The normalized spacial score (nSPS) is 9.83. The molecule has 0 atom stereocenters. The third kappa shape index (κ3) is 1.94. The van der Waals surface area contributed by atoms with Crippen molar-refractivity contribution >= 4 is 17.7 Å². The zero-order valence-corrected chi connectivity index (χ0v) is 7.54. The van der Waals surface area contributed by atoms with Crippen LogP contribution in [0.15, 0.2) is 5.16 Å². The van der Waals surface area contributed by atoms with Crippen LogP contribution in [-0.2, 0) is 16.1 Å². The minimum atomic E-state index is -0.363. The van der Waals surface area contributed by atoms with E-state index in [4.69, 9.17) is 0 Å². The lowest BCUT2D eigenvalue weighted by molar-refractivity contribution is -0.141. The number of tetrazole rings is 1. The molecule has 66 valence electrons. The van der Waals surface area contributed by atoms with Crippen molar-refractivity contribution in [1.29, 1.82) is 0 Å². The number of esters is 1. The van der Waals surface area contributed by atoms with Gasteiger partial charge in [0.05, 0.1) is 7.11 Å². The Balaban J connectivity index is 2.68. The van der Waals surface area contributed by atoms with Crippen molar-refractivity contribution in [3.8, 4) is 0 Å². The molecule has 0 spiro atoms. The summed E-state index contributed by atoms with van der Waals surface area (Å²) >= 11 is 1.37. The average Bonchev–Trinajstić information content (AvgIpc) is 2.51. The Labute approximate surface area is 73.3 Å². The second-order valence-corrected chi connectivity index (χ2v) is 2.67. The number of carbonyl (C=O) groups excluding carboxylic acids is 1. The maximum Gasteiger partial charge on any atom is 0.327 e. The molecule has 0 N–H and O–H groups in total. The largest absolute Gasteiger partial charge is 0.468 e. The number of rotatable bonds is 3. The van der Waals surface area contributed by atoms with Crippen molar-refractivity contribution in [2.24, 2.45) is 0 Å². The molecule has 0 aliphatic heterocycles. The lowest BCUT2D eigenvalue weighted by Crippen LogP contribution is -2.13. The van der Waals surface area contributed by atoms with E-state index in [1.807, 2.05) is 6.26 Å². The summed E-state index contributed by atoms with van der Waals surface area (Å²) in [6.45, 7) is 0.0552. The fourth-order valence-corrected chi connectivity index (χ4v) is 1.06. The molecule has 0 aliphatic rings. The summed E-state index contributed by atoms with van der Waals surface area (Å²) in [5.74, 6) is -0.363. The standard InChI is InChI=1S/C5H8N4O2S/c1-11-4(10)3-9-5(12-2)6-7-8-9/h3H2,1-2H3. The van der Waals surface area contributed by atoms with Gasteiger partial charge in [0, 0.05) is 0 Å². The van der Waals surface area contributed by atoms with Gasteiger partial charge in [-0.05, 0) is 16.7 Å². The fourth-order valence-electron chi connectivity index (χ4n) is 0.629. The highest BCUT2D eigenvalue weighted by Gasteiger charge is 2.08. The highest BCUT2D eigenvalue weighted by Crippen LogP contribution is 2.07. The summed E-state index contributed by atoms with van der Waals surface area (Å²) in [5, 5.41) is 11.3. The van der Waals surface area contributed by atoms with Crippen LogP contribution in [-0.4, -0.2) is 39.5 Å². The molecule has 0 unspecified atom stereocenters. The Hall–Kier alpha value is -1.11. The first-order valence-electron chi connectivity index (χ1n) is 3.15. The van der Waals surface area contributed by atoms with Crippen LogP contribution in [0.4, 0.5) is 0 Å². The quantitative estimate of drug-likeness (QED) is 0.473. The Kier molecular flexibility index (Phi) is 3.03. The van der Waals surface area contributed by atoms with Gasteiger partial charge in [-0.15, -0.1) is 5.10 Å². The van der Waals surface area contributed by atoms with Crippen LogP contribution in [0.5, 0.6) is 0 Å². The lowest BCUT2D eigenvalue weighted by Gasteiger charge is -1.99. The van der Waals surface area contributed by atoms with Gasteiger partial charge in [0.15, 0.2) is 0 Å². The van der Waals surface area contributed by atoms with Crippen molar-refractivity contribution in [2.75, 3.05) is 13.4 Å². The van der Waals surface area contributed by atoms with E-state index in [-0.39, 0.29) is 12.5 Å². The number of methoxy groups -OCH3 is 1. The maximum absolute atomic E-state index is 10.8. The van der Waals surface area contributed by atoms with Crippen LogP contribution in [0, 0.1) is 0 Å². The molecule has 1 aromatic heterocycles. The molecule has 1 heterocycles. The molecule has 0 saturated carbocycles. The van der Waals surface area contributed by atoms with E-state index in [2.05, 4.69) is 20.3 Å². The zero-order valence-electron chi connectivity index (χ0n) is 6.72. The Morgan fingerprint density at radius 1 is 1.75 bits per heavy atom. The van der Waals surface area contributed by atoms with E-state index >= 15 is 0 Å². The smallest absolute Gasteiger partial charge is 0.327 e. The zero-order chi connectivity index (χ0) is 8.97. The molecule has 1 aromatic rings. The van der Waals surface area contributed by atoms with Crippen LogP contribution >= 0.6 is 11.8 Å². The molecule has 0 fully saturated rings. The minimum Gasteiger partial charge on any atom is -0.468 e. The summed E-state index contributed by atoms with van der Waals surface area (Å²) in [4.78, 5) is 10.8. The minimum absolute atomic E-state index is 0.0552. The molecule has 1 rings (SSSR count). The molecule has 0 aliphatic carbocycles. The number of carbonyl (C=O) groups is 1. The summed E-state index contributed by atoms with van der Waals surface area (Å²) in [6.07, 6.45) is 1.83. The average molecular weight is 188 g/mol. The van der Waals surface area contributed by atoms with E-state index in [0.717, 1.165) is 0 Å². The molecule has 0 saturated heterocycles. The van der Waals surface area contributed by atoms with Gasteiger partial charge < -0.3 is 4.74 Å². The van der Waals surface area contributed by atoms with E-state index in [1.165, 1.54) is 23.6 Å². The molecule has 7 heteroatoms. The van der Waals surface area contributed by atoms with Crippen molar-refractivity contribution in [1.82, 2.24) is 20.2 Å². The van der Waals surface area contributed by atoms with Gasteiger partial charge in [0.25, 0.3) is 0 Å². The van der Waals surface area contributed by atoms with Crippen molar-refractivity contribution < 1.29 is 9.53 Å². The van der Waals surface area contributed by atoms with Crippen LogP contribution in [0.25, 0.3) is 0 Å². The molecular weight excluding hydrogens is 180 g/mol. The van der Waals surface area contributed by atoms with E-state index in [0.29, 0.717) is 5.16 Å². The summed E-state index contributed by atoms with van der Waals surface area (Å²) in [7, 11) is 1.32. The van der Waals surface area contributed by atoms with Gasteiger partial charge in [-0.1, -0.05) is 11.8 Å². The first-order valence-corrected chi connectivity index (χ1v) is 4.37.